The van der Waals surface area contributed by atoms with Gasteiger partial charge in [0.05, 0.1) is 0 Å². The predicted octanol–water partition coefficient (Wildman–Crippen LogP) is 2.51. The number of nitrogens with one attached hydrogen (secondary N) is 2. The van der Waals surface area contributed by atoms with Crippen LogP contribution in [0.5, 0.6) is 0 Å². The second kappa shape index (κ2) is 6.47. The first kappa shape index (κ1) is 13.8. The lowest BCUT2D eigenvalue weighted by Gasteiger charge is -2.09. The second-order valence-corrected chi connectivity index (χ2v) is 4.52. The fourth-order valence-electron chi connectivity index (χ4n) is 1.26. The van der Waals surface area contributed by atoms with E-state index in [0.717, 1.165) is 12.0 Å². The van der Waals surface area contributed by atoms with Crippen molar-refractivity contribution in [3.05, 3.63) is 28.8 Å². The normalized spacial score (nSPS) is 12.0. The van der Waals surface area contributed by atoms with Gasteiger partial charge in [-0.1, -0.05) is 17.7 Å². The van der Waals surface area contributed by atoms with Crippen molar-refractivity contribution in [1.82, 2.24) is 5.32 Å². The number of hydrogen-bond acceptors (Lipinski definition) is 2. The second-order valence-electron chi connectivity index (χ2n) is 4.11. The maximum atomic E-state index is 11.5. The van der Waals surface area contributed by atoms with Gasteiger partial charge in [-0.25, -0.2) is 4.79 Å². The molecule has 1 rings (SSSR count). The van der Waals surface area contributed by atoms with Gasteiger partial charge in [-0.05, 0) is 38.0 Å². The van der Waals surface area contributed by atoms with Crippen LogP contribution in [0.4, 0.5) is 10.5 Å². The van der Waals surface area contributed by atoms with Crippen molar-refractivity contribution in [3.8, 4) is 0 Å². The molecule has 4 nitrogen and oxygen atoms in total. The Morgan fingerprint density at radius 2 is 2.24 bits per heavy atom. The first-order valence-corrected chi connectivity index (χ1v) is 5.93. The van der Waals surface area contributed by atoms with Crippen LogP contribution in [0.1, 0.15) is 18.9 Å². The summed E-state index contributed by atoms with van der Waals surface area (Å²) in [5.41, 5.74) is 7.24. The van der Waals surface area contributed by atoms with E-state index in [4.69, 9.17) is 17.3 Å². The number of urea groups is 1. The Morgan fingerprint density at radius 1 is 1.53 bits per heavy atom. The van der Waals surface area contributed by atoms with Crippen LogP contribution in [-0.2, 0) is 0 Å². The third-order valence-electron chi connectivity index (χ3n) is 2.31. The van der Waals surface area contributed by atoms with E-state index in [0.29, 0.717) is 17.3 Å². The lowest BCUT2D eigenvalue weighted by Crippen LogP contribution is -2.32. The molecule has 0 saturated carbocycles. The average molecular weight is 256 g/mol. The highest BCUT2D eigenvalue weighted by molar-refractivity contribution is 6.31. The summed E-state index contributed by atoms with van der Waals surface area (Å²) >= 11 is 5.95. The summed E-state index contributed by atoms with van der Waals surface area (Å²) in [5.74, 6) is 0. The summed E-state index contributed by atoms with van der Waals surface area (Å²) < 4.78 is 0. The smallest absolute Gasteiger partial charge is 0.319 e. The molecular formula is C12H18ClN3O. The quantitative estimate of drug-likeness (QED) is 0.774. The van der Waals surface area contributed by atoms with Crippen LogP contribution in [0.3, 0.4) is 0 Å². The Hall–Kier alpha value is -1.26. The fourth-order valence-corrected chi connectivity index (χ4v) is 1.44. The summed E-state index contributed by atoms with van der Waals surface area (Å²) in [6, 6.07) is 5.24. The Kier molecular flexibility index (Phi) is 5.25. The largest absolute Gasteiger partial charge is 0.338 e. The molecule has 0 aliphatic carbocycles. The molecule has 94 valence electrons. The molecule has 0 aliphatic heterocycles. The molecule has 0 heterocycles. The number of anilines is 1. The number of amides is 2. The summed E-state index contributed by atoms with van der Waals surface area (Å²) in [5, 5.41) is 6.07. The molecule has 0 saturated heterocycles. The molecule has 1 atom stereocenters. The van der Waals surface area contributed by atoms with Gasteiger partial charge in [-0.15, -0.1) is 0 Å². The molecular weight excluding hydrogens is 238 g/mol. The molecule has 4 N–H and O–H groups in total. The van der Waals surface area contributed by atoms with Crippen LogP contribution in [0.2, 0.25) is 5.02 Å². The Balaban J connectivity index is 2.42. The number of hydrogen-bond donors (Lipinski definition) is 3. The molecule has 0 fully saturated rings. The van der Waals surface area contributed by atoms with Gasteiger partial charge in [-0.2, -0.15) is 0 Å². The van der Waals surface area contributed by atoms with E-state index < -0.39 is 0 Å². The van der Waals surface area contributed by atoms with Crippen LogP contribution in [0.15, 0.2) is 18.2 Å². The van der Waals surface area contributed by atoms with Gasteiger partial charge in [0.2, 0.25) is 0 Å². The molecule has 0 spiro atoms. The lowest BCUT2D eigenvalue weighted by molar-refractivity contribution is 0.252. The number of carbonyl (C=O) groups excluding carboxylic acids is 1. The van der Waals surface area contributed by atoms with Gasteiger partial charge < -0.3 is 16.4 Å². The van der Waals surface area contributed by atoms with E-state index in [1.807, 2.05) is 26.0 Å². The zero-order valence-corrected chi connectivity index (χ0v) is 10.8. The summed E-state index contributed by atoms with van der Waals surface area (Å²) in [6.07, 6.45) is 0.752. The lowest BCUT2D eigenvalue weighted by atomic mass is 10.2. The van der Waals surface area contributed by atoms with Crippen LogP contribution in [0, 0.1) is 6.92 Å². The van der Waals surface area contributed by atoms with Crippen LogP contribution in [0.25, 0.3) is 0 Å². The van der Waals surface area contributed by atoms with Crippen molar-refractivity contribution >= 4 is 23.3 Å². The molecule has 0 aliphatic rings. The van der Waals surface area contributed by atoms with E-state index in [1.165, 1.54) is 0 Å². The topological polar surface area (TPSA) is 67.2 Å². The van der Waals surface area contributed by atoms with Crippen molar-refractivity contribution < 1.29 is 4.79 Å². The van der Waals surface area contributed by atoms with Gasteiger partial charge in [-0.3, -0.25) is 0 Å². The van der Waals surface area contributed by atoms with E-state index in [2.05, 4.69) is 10.6 Å². The highest BCUT2D eigenvalue weighted by Gasteiger charge is 2.03. The Bertz CT molecular complexity index is 393. The SMILES string of the molecule is Cc1ccc(NC(=O)NCCC(C)N)cc1Cl. The monoisotopic (exact) mass is 255 g/mol. The summed E-state index contributed by atoms with van der Waals surface area (Å²) in [7, 11) is 0. The minimum atomic E-state index is -0.245. The minimum Gasteiger partial charge on any atom is -0.338 e. The number of halogens is 1. The first-order chi connectivity index (χ1) is 7.99. The molecule has 17 heavy (non-hydrogen) atoms. The Labute approximate surface area is 107 Å². The maximum Gasteiger partial charge on any atom is 0.319 e. The van der Waals surface area contributed by atoms with Gasteiger partial charge in [0, 0.05) is 23.3 Å². The van der Waals surface area contributed by atoms with E-state index in [1.54, 1.807) is 6.07 Å². The van der Waals surface area contributed by atoms with Crippen LogP contribution in [-0.4, -0.2) is 18.6 Å². The number of nitrogens with two attached hydrogens (primary N) is 1. The molecule has 0 bridgehead atoms. The minimum absolute atomic E-state index is 0.0871. The third-order valence-corrected chi connectivity index (χ3v) is 2.72. The number of rotatable bonds is 4. The average Bonchev–Trinajstić information content (AvgIpc) is 2.23. The van der Waals surface area contributed by atoms with E-state index in [-0.39, 0.29) is 12.1 Å². The molecule has 1 unspecified atom stereocenters. The summed E-state index contributed by atoms with van der Waals surface area (Å²) in [6.45, 7) is 4.37. The molecule has 1 aromatic carbocycles. The molecule has 0 aromatic heterocycles. The molecule has 2 amide bonds. The highest BCUT2D eigenvalue weighted by atomic mass is 35.5. The van der Waals surface area contributed by atoms with Gasteiger partial charge >= 0.3 is 6.03 Å². The third kappa shape index (κ3) is 5.06. The molecule has 1 aromatic rings. The van der Waals surface area contributed by atoms with Crippen molar-refractivity contribution in [3.63, 3.8) is 0 Å². The van der Waals surface area contributed by atoms with Gasteiger partial charge in [0.1, 0.15) is 0 Å². The summed E-state index contributed by atoms with van der Waals surface area (Å²) in [4.78, 5) is 11.5. The molecule has 0 radical (unpaired) electrons. The number of carbonyl (C=O) groups is 1. The van der Waals surface area contributed by atoms with Crippen LogP contribution >= 0.6 is 11.6 Å². The van der Waals surface area contributed by atoms with Gasteiger partial charge in [0.15, 0.2) is 0 Å². The molecule has 5 heteroatoms. The fraction of sp³-hybridized carbons (Fsp3) is 0.417. The zero-order chi connectivity index (χ0) is 12.8. The van der Waals surface area contributed by atoms with Crippen molar-refractivity contribution in [2.75, 3.05) is 11.9 Å². The highest BCUT2D eigenvalue weighted by Crippen LogP contribution is 2.19. The predicted molar refractivity (Wildman–Crippen MR) is 71.5 cm³/mol. The Morgan fingerprint density at radius 3 is 2.82 bits per heavy atom. The maximum absolute atomic E-state index is 11.5. The van der Waals surface area contributed by atoms with E-state index >= 15 is 0 Å². The van der Waals surface area contributed by atoms with Gasteiger partial charge in [0.25, 0.3) is 0 Å². The van der Waals surface area contributed by atoms with Crippen molar-refractivity contribution in [1.29, 1.82) is 0 Å². The van der Waals surface area contributed by atoms with Crippen molar-refractivity contribution in [2.45, 2.75) is 26.3 Å². The van der Waals surface area contributed by atoms with Crippen molar-refractivity contribution in [2.24, 2.45) is 5.73 Å². The standard InChI is InChI=1S/C12H18ClN3O/c1-8-3-4-10(7-11(8)13)16-12(17)15-6-5-9(2)14/h3-4,7,9H,5-6,14H2,1-2H3,(H2,15,16,17). The number of benzene rings is 1. The number of aryl methyl sites for hydroxylation is 1. The van der Waals surface area contributed by atoms with E-state index in [9.17, 15) is 4.79 Å². The zero-order valence-electron chi connectivity index (χ0n) is 10.1. The first-order valence-electron chi connectivity index (χ1n) is 5.55. The van der Waals surface area contributed by atoms with Crippen LogP contribution < -0.4 is 16.4 Å².